The predicted octanol–water partition coefficient (Wildman–Crippen LogP) is 3.12. The van der Waals surface area contributed by atoms with Gasteiger partial charge in [0.15, 0.2) is 5.82 Å². The van der Waals surface area contributed by atoms with Crippen LogP contribution >= 0.6 is 15.9 Å². The normalized spacial score (nSPS) is 10.8. The number of hydrogen-bond acceptors (Lipinski definition) is 4. The van der Waals surface area contributed by atoms with Gasteiger partial charge in [0.05, 0.1) is 11.3 Å². The van der Waals surface area contributed by atoms with E-state index in [-0.39, 0.29) is 0 Å². The average Bonchev–Trinajstić information content (AvgIpc) is 2.90. The molecule has 0 radical (unpaired) electrons. The molecule has 2 aromatic carbocycles. The molecule has 0 spiro atoms. The molecule has 5 nitrogen and oxygen atoms in total. The Morgan fingerprint density at radius 3 is 2.76 bits per heavy atom. The molecule has 0 saturated carbocycles. The van der Waals surface area contributed by atoms with Crippen LogP contribution in [0.3, 0.4) is 0 Å². The average molecular weight is 348 g/mol. The SMILES string of the molecule is Cc1ccc(Br)c(-n2nnnc2-c2ccc(N)cc2F)c1. The van der Waals surface area contributed by atoms with E-state index in [1.807, 2.05) is 25.1 Å². The summed E-state index contributed by atoms with van der Waals surface area (Å²) >= 11 is 3.46. The zero-order chi connectivity index (χ0) is 15.0. The molecule has 0 aliphatic rings. The minimum absolute atomic E-state index is 0.294. The number of nitrogens with two attached hydrogens (primary N) is 1. The zero-order valence-electron chi connectivity index (χ0n) is 11.1. The number of benzene rings is 2. The molecule has 21 heavy (non-hydrogen) atoms. The third-order valence-corrected chi connectivity index (χ3v) is 3.70. The summed E-state index contributed by atoms with van der Waals surface area (Å²) < 4.78 is 16.4. The number of nitrogens with zero attached hydrogens (tertiary/aromatic N) is 4. The van der Waals surface area contributed by atoms with Gasteiger partial charge in [0, 0.05) is 10.2 Å². The maximum atomic E-state index is 14.1. The first-order chi connectivity index (χ1) is 10.1. The fraction of sp³-hybridized carbons (Fsp3) is 0.0714. The number of anilines is 1. The van der Waals surface area contributed by atoms with E-state index in [0.29, 0.717) is 17.1 Å². The lowest BCUT2D eigenvalue weighted by Gasteiger charge is -2.08. The van der Waals surface area contributed by atoms with Crippen LogP contribution in [0.5, 0.6) is 0 Å². The van der Waals surface area contributed by atoms with Crippen LogP contribution < -0.4 is 5.73 Å². The largest absolute Gasteiger partial charge is 0.399 e. The lowest BCUT2D eigenvalue weighted by molar-refractivity contribution is 0.629. The third kappa shape index (κ3) is 2.52. The second-order valence-electron chi connectivity index (χ2n) is 4.61. The molecule has 3 aromatic rings. The van der Waals surface area contributed by atoms with E-state index in [2.05, 4.69) is 31.5 Å². The number of aryl methyl sites for hydroxylation is 1. The van der Waals surface area contributed by atoms with Gasteiger partial charge in [-0.3, -0.25) is 0 Å². The number of tetrazole rings is 1. The van der Waals surface area contributed by atoms with Crippen LogP contribution in [0.15, 0.2) is 40.9 Å². The van der Waals surface area contributed by atoms with Gasteiger partial charge in [-0.1, -0.05) is 6.07 Å². The standard InChI is InChI=1S/C14H11BrFN5/c1-8-2-5-11(15)13(6-8)21-14(18-19-20-21)10-4-3-9(17)7-12(10)16/h2-7H,17H2,1H3. The summed E-state index contributed by atoms with van der Waals surface area (Å²) in [6.45, 7) is 1.96. The number of rotatable bonds is 2. The van der Waals surface area contributed by atoms with Crippen molar-refractivity contribution in [1.82, 2.24) is 20.2 Å². The molecule has 106 valence electrons. The summed E-state index contributed by atoms with van der Waals surface area (Å²) in [5, 5.41) is 11.5. The van der Waals surface area contributed by atoms with Crippen molar-refractivity contribution in [2.75, 3.05) is 5.73 Å². The highest BCUT2D eigenvalue weighted by molar-refractivity contribution is 9.10. The second kappa shape index (κ2) is 5.25. The summed E-state index contributed by atoms with van der Waals surface area (Å²) in [5.74, 6) is -0.145. The summed E-state index contributed by atoms with van der Waals surface area (Å²) in [6, 6.07) is 10.2. The van der Waals surface area contributed by atoms with Gasteiger partial charge < -0.3 is 5.73 Å². The van der Waals surface area contributed by atoms with Crippen molar-refractivity contribution in [2.24, 2.45) is 0 Å². The predicted molar refractivity (Wildman–Crippen MR) is 81.4 cm³/mol. The summed E-state index contributed by atoms with van der Waals surface area (Å²) in [6.07, 6.45) is 0. The summed E-state index contributed by atoms with van der Waals surface area (Å²) in [5.41, 5.74) is 8.01. The van der Waals surface area contributed by atoms with Crippen LogP contribution in [0, 0.1) is 12.7 Å². The fourth-order valence-electron chi connectivity index (χ4n) is 2.02. The number of nitrogen functional groups attached to an aromatic ring is 1. The van der Waals surface area contributed by atoms with Gasteiger partial charge in [0.25, 0.3) is 0 Å². The Bertz CT molecular complexity index is 815. The van der Waals surface area contributed by atoms with E-state index in [1.165, 1.54) is 10.7 Å². The molecule has 1 heterocycles. The topological polar surface area (TPSA) is 69.6 Å². The van der Waals surface area contributed by atoms with Gasteiger partial charge in [0.2, 0.25) is 0 Å². The molecule has 0 bridgehead atoms. The Hall–Kier alpha value is -2.28. The first-order valence-corrected chi connectivity index (χ1v) is 6.96. The molecule has 3 rings (SSSR count). The van der Waals surface area contributed by atoms with Crippen molar-refractivity contribution in [1.29, 1.82) is 0 Å². The fourth-order valence-corrected chi connectivity index (χ4v) is 2.43. The maximum absolute atomic E-state index is 14.1. The van der Waals surface area contributed by atoms with Crippen molar-refractivity contribution >= 4 is 21.6 Å². The first kappa shape index (κ1) is 13.7. The highest BCUT2D eigenvalue weighted by Gasteiger charge is 2.16. The number of aromatic nitrogens is 4. The molecule has 0 fully saturated rings. The summed E-state index contributed by atoms with van der Waals surface area (Å²) in [4.78, 5) is 0. The van der Waals surface area contributed by atoms with E-state index in [1.54, 1.807) is 12.1 Å². The Kier molecular flexibility index (Phi) is 3.42. The third-order valence-electron chi connectivity index (χ3n) is 3.03. The number of halogens is 2. The first-order valence-electron chi connectivity index (χ1n) is 6.16. The van der Waals surface area contributed by atoms with Crippen LogP contribution in [0.4, 0.5) is 10.1 Å². The van der Waals surface area contributed by atoms with Crippen molar-refractivity contribution in [3.8, 4) is 17.1 Å². The lowest BCUT2D eigenvalue weighted by atomic mass is 10.1. The lowest BCUT2D eigenvalue weighted by Crippen LogP contribution is -2.02. The molecular formula is C14H11BrFN5. The molecule has 0 amide bonds. The molecule has 0 atom stereocenters. The van der Waals surface area contributed by atoms with Crippen molar-refractivity contribution in [3.63, 3.8) is 0 Å². The van der Waals surface area contributed by atoms with E-state index in [9.17, 15) is 4.39 Å². The zero-order valence-corrected chi connectivity index (χ0v) is 12.7. The van der Waals surface area contributed by atoms with E-state index in [4.69, 9.17) is 5.73 Å². The molecule has 0 saturated heterocycles. The van der Waals surface area contributed by atoms with E-state index in [0.717, 1.165) is 15.7 Å². The Morgan fingerprint density at radius 1 is 1.19 bits per heavy atom. The van der Waals surface area contributed by atoms with Crippen LogP contribution in [-0.2, 0) is 0 Å². The van der Waals surface area contributed by atoms with E-state index >= 15 is 0 Å². The van der Waals surface area contributed by atoms with Crippen LogP contribution in [0.1, 0.15) is 5.56 Å². The Morgan fingerprint density at radius 2 is 2.00 bits per heavy atom. The van der Waals surface area contributed by atoms with Crippen molar-refractivity contribution in [3.05, 3.63) is 52.3 Å². The van der Waals surface area contributed by atoms with Crippen LogP contribution in [-0.4, -0.2) is 20.2 Å². The molecule has 0 unspecified atom stereocenters. The maximum Gasteiger partial charge on any atom is 0.190 e. The van der Waals surface area contributed by atoms with Crippen molar-refractivity contribution in [2.45, 2.75) is 6.92 Å². The molecule has 0 aliphatic carbocycles. The molecule has 0 aliphatic heterocycles. The van der Waals surface area contributed by atoms with Gasteiger partial charge in [0.1, 0.15) is 5.82 Å². The quantitative estimate of drug-likeness (QED) is 0.723. The second-order valence-corrected chi connectivity index (χ2v) is 5.46. The minimum atomic E-state index is -0.463. The smallest absolute Gasteiger partial charge is 0.190 e. The molecule has 7 heteroatoms. The summed E-state index contributed by atoms with van der Waals surface area (Å²) in [7, 11) is 0. The van der Waals surface area contributed by atoms with Gasteiger partial charge >= 0.3 is 0 Å². The van der Waals surface area contributed by atoms with Gasteiger partial charge in [-0.25, -0.2) is 4.39 Å². The van der Waals surface area contributed by atoms with Gasteiger partial charge in [-0.15, -0.1) is 5.10 Å². The molecule has 2 N–H and O–H groups in total. The van der Waals surface area contributed by atoms with Crippen LogP contribution in [0.25, 0.3) is 17.1 Å². The van der Waals surface area contributed by atoms with Crippen LogP contribution in [0.2, 0.25) is 0 Å². The highest BCUT2D eigenvalue weighted by atomic mass is 79.9. The molecule has 1 aromatic heterocycles. The van der Waals surface area contributed by atoms with Gasteiger partial charge in [-0.05, 0) is 69.2 Å². The number of hydrogen-bond donors (Lipinski definition) is 1. The highest BCUT2D eigenvalue weighted by Crippen LogP contribution is 2.28. The van der Waals surface area contributed by atoms with Gasteiger partial charge in [-0.2, -0.15) is 4.68 Å². The minimum Gasteiger partial charge on any atom is -0.399 e. The Balaban J connectivity index is 2.19. The molecular weight excluding hydrogens is 337 g/mol. The monoisotopic (exact) mass is 347 g/mol. The van der Waals surface area contributed by atoms with Crippen molar-refractivity contribution < 1.29 is 4.39 Å². The Labute approximate surface area is 128 Å². The van der Waals surface area contributed by atoms with E-state index < -0.39 is 5.82 Å².